The molecule has 0 fully saturated rings. The third-order valence-electron chi connectivity index (χ3n) is 14.2. The summed E-state index contributed by atoms with van der Waals surface area (Å²) in [6.45, 7) is 2.27. The van der Waals surface area contributed by atoms with Gasteiger partial charge in [-0.2, -0.15) is 0 Å². The molecule has 1 aliphatic heterocycles. The number of nitrogens with zero attached hydrogens (tertiary/aromatic N) is 3. The van der Waals surface area contributed by atoms with Gasteiger partial charge in [-0.1, -0.05) is 164 Å². The van der Waals surface area contributed by atoms with Gasteiger partial charge in [0.25, 0.3) is 0 Å². The van der Waals surface area contributed by atoms with Crippen LogP contribution in [0.4, 0.5) is 0 Å². The zero-order chi connectivity index (χ0) is 44.2. The third kappa shape index (κ3) is 6.10. The fraction of sp³-hybridized carbons (Fsp3) is 0.0476. The number of fused-ring (bicyclic) bond motifs is 12. The van der Waals surface area contributed by atoms with Crippen molar-refractivity contribution in [3.05, 3.63) is 229 Å². The van der Waals surface area contributed by atoms with Crippen molar-refractivity contribution in [3.63, 3.8) is 0 Å². The molecule has 0 bridgehead atoms. The molecule has 0 saturated carbocycles. The maximum absolute atomic E-state index is 5.81. The lowest BCUT2D eigenvalue weighted by Gasteiger charge is -2.20. The van der Waals surface area contributed by atoms with Gasteiger partial charge in [-0.25, -0.2) is 9.98 Å². The quantitative estimate of drug-likeness (QED) is 0.158. The van der Waals surface area contributed by atoms with E-state index in [-0.39, 0.29) is 0 Å². The summed E-state index contributed by atoms with van der Waals surface area (Å²) in [6.07, 6.45) is 1.55. The van der Waals surface area contributed by atoms with Crippen molar-refractivity contribution < 1.29 is 0 Å². The Morgan fingerprint density at radius 3 is 1.67 bits per heavy atom. The van der Waals surface area contributed by atoms with E-state index in [9.17, 15) is 0 Å². The van der Waals surface area contributed by atoms with Crippen LogP contribution in [0.5, 0.6) is 0 Å². The molecule has 0 radical (unpaired) electrons. The summed E-state index contributed by atoms with van der Waals surface area (Å²) >= 11 is 1.88. The summed E-state index contributed by atoms with van der Waals surface area (Å²) in [5, 5.41) is 17.3. The molecule has 11 aromatic carbocycles. The molecule has 3 heterocycles. The van der Waals surface area contributed by atoms with E-state index in [0.717, 1.165) is 46.8 Å². The molecule has 4 heteroatoms. The van der Waals surface area contributed by atoms with Crippen LogP contribution < -0.4 is 0 Å². The van der Waals surface area contributed by atoms with Crippen molar-refractivity contribution in [1.29, 1.82) is 0 Å². The Bertz CT molecular complexity index is 4260. The highest BCUT2D eigenvalue weighted by atomic mass is 32.1. The zero-order valence-corrected chi connectivity index (χ0v) is 37.6. The summed E-state index contributed by atoms with van der Waals surface area (Å²) in [5.74, 6) is 0.718. The van der Waals surface area contributed by atoms with Crippen LogP contribution in [0.2, 0.25) is 0 Å². The largest absolute Gasteiger partial charge is 0.307 e. The molecule has 0 unspecified atom stereocenters. The Kier molecular flexibility index (Phi) is 8.49. The lowest BCUT2D eigenvalue weighted by Crippen LogP contribution is -2.13. The lowest BCUT2D eigenvalue weighted by molar-refractivity contribution is 1.00. The van der Waals surface area contributed by atoms with Gasteiger partial charge in [0.1, 0.15) is 0 Å². The first-order valence-corrected chi connectivity index (χ1v) is 24.0. The number of aliphatic imine (C=N–C) groups is 2. The molecule has 1 aliphatic rings. The van der Waals surface area contributed by atoms with Crippen molar-refractivity contribution in [2.45, 2.75) is 19.8 Å². The van der Waals surface area contributed by atoms with Crippen LogP contribution in [0, 0.1) is 0 Å². The molecule has 3 nitrogen and oxygen atoms in total. The molecule has 0 atom stereocenters. The molecule has 0 spiro atoms. The molecule has 13 aromatic rings. The molecule has 0 amide bonds. The zero-order valence-electron chi connectivity index (χ0n) is 36.8. The predicted molar refractivity (Wildman–Crippen MR) is 289 cm³/mol. The topological polar surface area (TPSA) is 29.6 Å². The smallest absolute Gasteiger partial charge is 0.160 e. The summed E-state index contributed by atoms with van der Waals surface area (Å²) in [4.78, 5) is 11.5. The van der Waals surface area contributed by atoms with E-state index in [1.54, 1.807) is 0 Å². The van der Waals surface area contributed by atoms with Crippen molar-refractivity contribution in [1.82, 2.24) is 4.57 Å². The monoisotopic (exact) mass is 871 g/mol. The Balaban J connectivity index is 1.06. The molecule has 0 saturated heterocycles. The standard InChI is InChI=1S/C63H41N3S/c1-38-22-31-56(64-63(48-26-23-39-12-2-3-14-41(39)32-48)65-60(38)47-27-28-50-46(33-47)25-24-40-13-8-9-19-49(40)50)53-30-29-52-51-20-10-11-21-59(51)67-62(52)61(53)66-57-36-44-17-6-4-15-42(44)34-54(57)55-35-43-16-5-7-18-45(43)37-58(55)66/h2-21,23-30,32-37H,22,31H2,1H3/b60-38-,64-56?,65-63?. The number of hydrogen-bond donors (Lipinski definition) is 0. The van der Waals surface area contributed by atoms with Gasteiger partial charge in [0.2, 0.25) is 0 Å². The molecule has 0 aliphatic carbocycles. The average Bonchev–Trinajstić information content (AvgIpc) is 3.90. The number of amidine groups is 1. The van der Waals surface area contributed by atoms with Crippen LogP contribution in [0.1, 0.15) is 36.5 Å². The first-order valence-electron chi connectivity index (χ1n) is 23.2. The lowest BCUT2D eigenvalue weighted by atomic mass is 9.94. The minimum atomic E-state index is 0.718. The van der Waals surface area contributed by atoms with Gasteiger partial charge >= 0.3 is 0 Å². The second kappa shape index (κ2) is 14.9. The van der Waals surface area contributed by atoms with Gasteiger partial charge in [-0.15, -0.1) is 11.3 Å². The van der Waals surface area contributed by atoms with Gasteiger partial charge in [0, 0.05) is 42.9 Å². The molecule has 0 N–H and O–H groups in total. The minimum Gasteiger partial charge on any atom is -0.307 e. The Hall–Kier alpha value is -8.18. The van der Waals surface area contributed by atoms with Gasteiger partial charge in [0.05, 0.1) is 32.8 Å². The molecule has 14 rings (SSSR count). The fourth-order valence-corrected chi connectivity index (χ4v) is 12.1. The van der Waals surface area contributed by atoms with E-state index < -0.39 is 0 Å². The second-order valence-corrected chi connectivity index (χ2v) is 19.2. The maximum Gasteiger partial charge on any atom is 0.160 e. The highest BCUT2D eigenvalue weighted by Crippen LogP contribution is 2.45. The number of aromatic nitrogens is 1. The van der Waals surface area contributed by atoms with E-state index in [1.165, 1.54) is 107 Å². The highest BCUT2D eigenvalue weighted by Gasteiger charge is 2.25. The molecule has 67 heavy (non-hydrogen) atoms. The summed E-state index contributed by atoms with van der Waals surface area (Å²) in [6, 6.07) is 75.9. The van der Waals surface area contributed by atoms with Gasteiger partial charge < -0.3 is 4.57 Å². The van der Waals surface area contributed by atoms with Gasteiger partial charge in [0.15, 0.2) is 5.84 Å². The molecular weight excluding hydrogens is 831 g/mol. The maximum atomic E-state index is 5.81. The predicted octanol–water partition coefficient (Wildman–Crippen LogP) is 17.4. The van der Waals surface area contributed by atoms with Gasteiger partial charge in [-0.05, 0) is 122 Å². The SMILES string of the molecule is C/C1=C(\c2ccc3c(ccc4ccccc43)c2)N=C(c2ccc3ccccc3c2)N=C(c2ccc3c(sc4ccccc43)c2-n2c3cc4ccccc4cc3c3cc4ccccc4cc32)CC1. The molecule has 2 aromatic heterocycles. The van der Waals surface area contributed by atoms with Crippen LogP contribution in [0.3, 0.4) is 0 Å². The Morgan fingerprint density at radius 1 is 0.403 bits per heavy atom. The van der Waals surface area contributed by atoms with E-state index in [0.29, 0.717) is 0 Å². The second-order valence-electron chi connectivity index (χ2n) is 18.1. The summed E-state index contributed by atoms with van der Waals surface area (Å²) in [5.41, 5.74) is 10.0. The summed E-state index contributed by atoms with van der Waals surface area (Å²) < 4.78 is 5.10. The minimum absolute atomic E-state index is 0.718. The number of benzene rings is 11. The average molecular weight is 872 g/mol. The molecule has 314 valence electrons. The number of thiophene rings is 1. The van der Waals surface area contributed by atoms with Crippen LogP contribution in [-0.4, -0.2) is 16.1 Å². The summed E-state index contributed by atoms with van der Waals surface area (Å²) in [7, 11) is 0. The van der Waals surface area contributed by atoms with Crippen LogP contribution in [0.15, 0.2) is 222 Å². The fourth-order valence-electron chi connectivity index (χ4n) is 10.8. The van der Waals surface area contributed by atoms with E-state index in [4.69, 9.17) is 9.98 Å². The van der Waals surface area contributed by atoms with E-state index in [2.05, 4.69) is 218 Å². The van der Waals surface area contributed by atoms with Crippen molar-refractivity contribution in [2.24, 2.45) is 9.98 Å². The number of rotatable bonds is 4. The van der Waals surface area contributed by atoms with Crippen LogP contribution >= 0.6 is 11.3 Å². The Morgan fingerprint density at radius 2 is 0.940 bits per heavy atom. The van der Waals surface area contributed by atoms with Crippen molar-refractivity contribution >= 4 is 124 Å². The van der Waals surface area contributed by atoms with Crippen LogP contribution in [0.25, 0.3) is 107 Å². The molecular formula is C63H41N3S. The van der Waals surface area contributed by atoms with Crippen LogP contribution in [-0.2, 0) is 0 Å². The number of hydrogen-bond acceptors (Lipinski definition) is 3. The van der Waals surface area contributed by atoms with Crippen molar-refractivity contribution in [2.75, 3.05) is 0 Å². The first-order chi connectivity index (χ1) is 33.1. The van der Waals surface area contributed by atoms with Gasteiger partial charge in [-0.3, -0.25) is 0 Å². The van der Waals surface area contributed by atoms with E-state index >= 15 is 0 Å². The highest BCUT2D eigenvalue weighted by molar-refractivity contribution is 7.26. The van der Waals surface area contributed by atoms with Crippen molar-refractivity contribution in [3.8, 4) is 5.69 Å². The Labute approximate surface area is 390 Å². The number of allylic oxidation sites excluding steroid dienone is 1. The first kappa shape index (κ1) is 38.1. The normalized spacial score (nSPS) is 14.8. The van der Waals surface area contributed by atoms with E-state index in [1.807, 2.05) is 11.3 Å². The third-order valence-corrected chi connectivity index (χ3v) is 15.4.